The Morgan fingerprint density at radius 3 is 3.07 bits per heavy atom. The highest BCUT2D eigenvalue weighted by molar-refractivity contribution is 9.10. The van der Waals surface area contributed by atoms with Gasteiger partial charge in [0.2, 0.25) is 0 Å². The van der Waals surface area contributed by atoms with E-state index in [0.29, 0.717) is 15.9 Å². The lowest BCUT2D eigenvalue weighted by Gasteiger charge is -2.06. The molecule has 0 atom stereocenters. The molecular formula is C9H8BrF2N3. The van der Waals surface area contributed by atoms with Crippen molar-refractivity contribution in [2.75, 3.05) is 11.9 Å². The first-order valence-electron chi connectivity index (χ1n) is 4.32. The molecule has 0 saturated carbocycles. The van der Waals surface area contributed by atoms with Gasteiger partial charge in [0.25, 0.3) is 6.43 Å². The van der Waals surface area contributed by atoms with E-state index in [1.807, 2.05) is 0 Å². The second kappa shape index (κ2) is 4.14. The monoisotopic (exact) mass is 275 g/mol. The van der Waals surface area contributed by atoms with E-state index in [4.69, 9.17) is 0 Å². The molecule has 0 aliphatic rings. The molecule has 0 saturated heterocycles. The number of imidazole rings is 1. The van der Waals surface area contributed by atoms with Gasteiger partial charge in [-0.05, 0) is 28.1 Å². The van der Waals surface area contributed by atoms with E-state index in [9.17, 15) is 8.78 Å². The third-order valence-electron chi connectivity index (χ3n) is 1.90. The van der Waals surface area contributed by atoms with Gasteiger partial charge in [-0.3, -0.25) is 0 Å². The number of pyridine rings is 1. The molecule has 2 rings (SSSR count). The first kappa shape index (κ1) is 10.4. The third-order valence-corrected chi connectivity index (χ3v) is 2.28. The van der Waals surface area contributed by atoms with Gasteiger partial charge in [0.15, 0.2) is 5.65 Å². The third kappa shape index (κ3) is 2.26. The summed E-state index contributed by atoms with van der Waals surface area (Å²) in [5, 5.41) is 2.65. The SMILES string of the molecule is FC(F)CNc1cccn2cc(Br)nc12. The van der Waals surface area contributed by atoms with Crippen molar-refractivity contribution >= 4 is 27.3 Å². The number of anilines is 1. The number of alkyl halides is 2. The standard InChI is InChI=1S/C9H8BrF2N3/c10-7-5-15-3-1-2-6(9(15)14-7)13-4-8(11)12/h1-3,5,8,13H,4H2. The quantitative estimate of drug-likeness (QED) is 0.934. The molecule has 1 N–H and O–H groups in total. The lowest BCUT2D eigenvalue weighted by Crippen LogP contribution is -2.10. The molecule has 0 spiro atoms. The summed E-state index contributed by atoms with van der Waals surface area (Å²) in [6, 6.07) is 3.49. The molecule has 0 fully saturated rings. The van der Waals surface area contributed by atoms with Crippen molar-refractivity contribution < 1.29 is 8.78 Å². The van der Waals surface area contributed by atoms with Gasteiger partial charge in [-0.2, -0.15) is 0 Å². The minimum Gasteiger partial charge on any atom is -0.376 e. The number of hydrogen-bond donors (Lipinski definition) is 1. The number of hydrogen-bond acceptors (Lipinski definition) is 2. The lowest BCUT2D eigenvalue weighted by atomic mass is 10.4. The van der Waals surface area contributed by atoms with Crippen molar-refractivity contribution in [3.8, 4) is 0 Å². The van der Waals surface area contributed by atoms with Crippen LogP contribution in [0.2, 0.25) is 0 Å². The van der Waals surface area contributed by atoms with Gasteiger partial charge < -0.3 is 9.72 Å². The van der Waals surface area contributed by atoms with Gasteiger partial charge in [-0.15, -0.1) is 0 Å². The van der Waals surface area contributed by atoms with Gasteiger partial charge in [0.05, 0.1) is 12.2 Å². The van der Waals surface area contributed by atoms with Crippen molar-refractivity contribution in [1.82, 2.24) is 9.38 Å². The lowest BCUT2D eigenvalue weighted by molar-refractivity contribution is 0.163. The van der Waals surface area contributed by atoms with Crippen LogP contribution >= 0.6 is 15.9 Å². The van der Waals surface area contributed by atoms with Gasteiger partial charge in [-0.1, -0.05) is 0 Å². The van der Waals surface area contributed by atoms with E-state index in [0.717, 1.165) is 0 Å². The Labute approximate surface area is 93.2 Å². The van der Waals surface area contributed by atoms with Crippen LogP contribution in [0.15, 0.2) is 29.1 Å². The number of halogens is 3. The number of rotatable bonds is 3. The van der Waals surface area contributed by atoms with Crippen molar-refractivity contribution in [2.45, 2.75) is 6.43 Å². The second-order valence-corrected chi connectivity index (χ2v) is 3.80. The van der Waals surface area contributed by atoms with Crippen LogP contribution in [0.25, 0.3) is 5.65 Å². The van der Waals surface area contributed by atoms with Crippen molar-refractivity contribution in [3.05, 3.63) is 29.1 Å². The van der Waals surface area contributed by atoms with Gasteiger partial charge in [0.1, 0.15) is 4.60 Å². The van der Waals surface area contributed by atoms with Crippen LogP contribution < -0.4 is 5.32 Å². The number of nitrogens with one attached hydrogen (secondary N) is 1. The Hall–Kier alpha value is -1.17. The molecular weight excluding hydrogens is 268 g/mol. The maximum atomic E-state index is 12.0. The number of aromatic nitrogens is 2. The molecule has 6 heteroatoms. The fourth-order valence-electron chi connectivity index (χ4n) is 1.31. The first-order chi connectivity index (χ1) is 7.16. The molecule has 2 aromatic rings. The van der Waals surface area contributed by atoms with E-state index < -0.39 is 6.43 Å². The Kier molecular flexibility index (Phi) is 2.86. The fraction of sp³-hybridized carbons (Fsp3) is 0.222. The maximum absolute atomic E-state index is 12.0. The van der Waals surface area contributed by atoms with E-state index in [2.05, 4.69) is 26.2 Å². The fourth-order valence-corrected chi connectivity index (χ4v) is 1.70. The molecule has 0 bridgehead atoms. The van der Waals surface area contributed by atoms with E-state index in [1.165, 1.54) is 0 Å². The Bertz CT molecular complexity index is 469. The summed E-state index contributed by atoms with van der Waals surface area (Å²) in [6.07, 6.45) is 1.20. The predicted octanol–water partition coefficient (Wildman–Crippen LogP) is 2.77. The Balaban J connectivity index is 2.33. The minimum atomic E-state index is -2.37. The topological polar surface area (TPSA) is 29.3 Å². The smallest absolute Gasteiger partial charge is 0.255 e. The maximum Gasteiger partial charge on any atom is 0.255 e. The van der Waals surface area contributed by atoms with Gasteiger partial charge in [-0.25, -0.2) is 13.8 Å². The van der Waals surface area contributed by atoms with Crippen LogP contribution in [0.5, 0.6) is 0 Å². The van der Waals surface area contributed by atoms with Gasteiger partial charge >= 0.3 is 0 Å². The van der Waals surface area contributed by atoms with Crippen LogP contribution in [0.1, 0.15) is 0 Å². The Morgan fingerprint density at radius 1 is 1.53 bits per heavy atom. The summed E-state index contributed by atoms with van der Waals surface area (Å²) < 4.78 is 26.5. The average molecular weight is 276 g/mol. The summed E-state index contributed by atoms with van der Waals surface area (Å²) in [6.45, 7) is -0.371. The van der Waals surface area contributed by atoms with Crippen molar-refractivity contribution in [3.63, 3.8) is 0 Å². The molecule has 0 aliphatic carbocycles. The summed E-state index contributed by atoms with van der Waals surface area (Å²) in [4.78, 5) is 4.16. The molecule has 3 nitrogen and oxygen atoms in total. The number of nitrogens with zero attached hydrogens (tertiary/aromatic N) is 2. The molecule has 0 unspecified atom stereocenters. The van der Waals surface area contributed by atoms with Crippen molar-refractivity contribution in [1.29, 1.82) is 0 Å². The van der Waals surface area contributed by atoms with E-state index in [-0.39, 0.29) is 6.54 Å². The average Bonchev–Trinajstić information content (AvgIpc) is 2.55. The highest BCUT2D eigenvalue weighted by Crippen LogP contribution is 2.18. The molecule has 0 amide bonds. The minimum absolute atomic E-state index is 0.371. The highest BCUT2D eigenvalue weighted by Gasteiger charge is 2.06. The highest BCUT2D eigenvalue weighted by atomic mass is 79.9. The zero-order valence-corrected chi connectivity index (χ0v) is 9.21. The second-order valence-electron chi connectivity index (χ2n) is 2.99. The summed E-state index contributed by atoms with van der Waals surface area (Å²) in [5.74, 6) is 0. The largest absolute Gasteiger partial charge is 0.376 e. The van der Waals surface area contributed by atoms with E-state index >= 15 is 0 Å². The van der Waals surface area contributed by atoms with E-state index in [1.54, 1.807) is 28.9 Å². The summed E-state index contributed by atoms with van der Waals surface area (Å²) in [7, 11) is 0. The van der Waals surface area contributed by atoms with Crippen LogP contribution in [0, 0.1) is 0 Å². The Morgan fingerprint density at radius 2 is 2.33 bits per heavy atom. The van der Waals surface area contributed by atoms with Gasteiger partial charge in [0, 0.05) is 12.4 Å². The normalized spacial score (nSPS) is 11.2. The van der Waals surface area contributed by atoms with Crippen LogP contribution in [-0.2, 0) is 0 Å². The predicted molar refractivity (Wildman–Crippen MR) is 57.4 cm³/mol. The molecule has 0 radical (unpaired) electrons. The first-order valence-corrected chi connectivity index (χ1v) is 5.11. The zero-order valence-electron chi connectivity index (χ0n) is 7.62. The van der Waals surface area contributed by atoms with Crippen LogP contribution in [-0.4, -0.2) is 22.4 Å². The zero-order chi connectivity index (χ0) is 10.8. The molecule has 0 aliphatic heterocycles. The molecule has 80 valence electrons. The summed E-state index contributed by atoms with van der Waals surface area (Å²) >= 11 is 3.23. The molecule has 2 heterocycles. The molecule has 2 aromatic heterocycles. The molecule has 15 heavy (non-hydrogen) atoms. The summed E-state index contributed by atoms with van der Waals surface area (Å²) in [5.41, 5.74) is 1.23. The number of fused-ring (bicyclic) bond motifs is 1. The van der Waals surface area contributed by atoms with Crippen molar-refractivity contribution in [2.24, 2.45) is 0 Å². The van der Waals surface area contributed by atoms with Crippen LogP contribution in [0.3, 0.4) is 0 Å². The molecule has 0 aromatic carbocycles. The van der Waals surface area contributed by atoms with Crippen LogP contribution in [0.4, 0.5) is 14.5 Å².